The number of hydrogen-bond donors (Lipinski definition) is 1. The van der Waals surface area contributed by atoms with Gasteiger partial charge >= 0.3 is 0 Å². The maximum Gasteiger partial charge on any atom is 0.109 e. The molecular formula is C5H12NO+. The molecule has 0 atom stereocenters. The fraction of sp³-hybridized carbons (Fsp3) is 1.00. The van der Waals surface area contributed by atoms with Gasteiger partial charge in [-0.3, -0.25) is 0 Å². The lowest BCUT2D eigenvalue weighted by Crippen LogP contribution is -2.36. The van der Waals surface area contributed by atoms with E-state index >= 15 is 0 Å². The zero-order valence-electron chi connectivity index (χ0n) is 4.72. The van der Waals surface area contributed by atoms with Crippen LogP contribution in [0.5, 0.6) is 0 Å². The molecule has 0 amide bonds. The second-order valence-corrected chi connectivity index (χ2v) is 2.49. The van der Waals surface area contributed by atoms with Crippen LogP contribution in [0.3, 0.4) is 0 Å². The summed E-state index contributed by atoms with van der Waals surface area (Å²) in [7, 11) is 1.85. The van der Waals surface area contributed by atoms with Crippen LogP contribution in [0.1, 0.15) is 12.8 Å². The Hall–Kier alpha value is -0.0800. The van der Waals surface area contributed by atoms with Gasteiger partial charge in [-0.15, -0.1) is 0 Å². The van der Waals surface area contributed by atoms with E-state index in [-0.39, 0.29) is 4.65 Å². The van der Waals surface area contributed by atoms with E-state index in [0.717, 1.165) is 13.1 Å². The van der Waals surface area contributed by atoms with E-state index in [2.05, 4.69) is 0 Å². The topological polar surface area (TPSA) is 20.2 Å². The van der Waals surface area contributed by atoms with Crippen LogP contribution in [-0.2, 0) is 0 Å². The lowest BCUT2D eigenvalue weighted by molar-refractivity contribution is -1.08. The molecule has 0 aromatic rings. The molecule has 1 saturated heterocycles. The van der Waals surface area contributed by atoms with Crippen LogP contribution in [0.25, 0.3) is 0 Å². The van der Waals surface area contributed by atoms with E-state index in [1.807, 2.05) is 7.05 Å². The average molecular weight is 102 g/mol. The summed E-state index contributed by atoms with van der Waals surface area (Å²) in [4.78, 5) is 0. The number of rotatable bonds is 0. The van der Waals surface area contributed by atoms with Gasteiger partial charge in [0.1, 0.15) is 13.1 Å². The molecule has 0 radical (unpaired) electrons. The molecule has 0 unspecified atom stereocenters. The van der Waals surface area contributed by atoms with Crippen molar-refractivity contribution in [2.24, 2.45) is 0 Å². The first-order valence-electron chi connectivity index (χ1n) is 2.78. The first-order chi connectivity index (χ1) is 3.21. The Bertz CT molecular complexity index is 62.5. The second-order valence-electron chi connectivity index (χ2n) is 2.49. The number of hydrogen-bond acceptors (Lipinski definition) is 1. The van der Waals surface area contributed by atoms with E-state index < -0.39 is 0 Å². The van der Waals surface area contributed by atoms with Crippen molar-refractivity contribution in [1.82, 2.24) is 0 Å². The lowest BCUT2D eigenvalue weighted by atomic mass is 10.4. The number of likely N-dealkylation sites (tertiary alicyclic amines) is 1. The number of quaternary nitrogens is 1. The molecule has 2 nitrogen and oxygen atoms in total. The molecule has 1 fully saturated rings. The van der Waals surface area contributed by atoms with Crippen LogP contribution < -0.4 is 0 Å². The molecule has 0 saturated carbocycles. The van der Waals surface area contributed by atoms with Gasteiger partial charge in [0.05, 0.1) is 7.05 Å². The highest BCUT2D eigenvalue weighted by atomic mass is 16.5. The Morgan fingerprint density at radius 1 is 1.29 bits per heavy atom. The van der Waals surface area contributed by atoms with Gasteiger partial charge in [-0.25, -0.2) is 5.21 Å². The van der Waals surface area contributed by atoms with Crippen molar-refractivity contribution in [3.63, 3.8) is 0 Å². The minimum Gasteiger partial charge on any atom is -0.217 e. The molecule has 1 heterocycles. The fourth-order valence-corrected chi connectivity index (χ4v) is 1.02. The average Bonchev–Trinajstić information content (AvgIpc) is 1.84. The van der Waals surface area contributed by atoms with Gasteiger partial charge in [-0.1, -0.05) is 0 Å². The van der Waals surface area contributed by atoms with Crippen molar-refractivity contribution in [2.75, 3.05) is 20.1 Å². The van der Waals surface area contributed by atoms with Gasteiger partial charge < -0.3 is 0 Å². The maximum atomic E-state index is 9.13. The van der Waals surface area contributed by atoms with Crippen molar-refractivity contribution in [3.8, 4) is 0 Å². The van der Waals surface area contributed by atoms with Crippen molar-refractivity contribution in [3.05, 3.63) is 0 Å². The Balaban J connectivity index is 2.40. The Morgan fingerprint density at radius 2 is 1.71 bits per heavy atom. The number of nitrogens with zero attached hydrogens (tertiary/aromatic N) is 1. The molecule has 0 spiro atoms. The lowest BCUT2D eigenvalue weighted by Gasteiger charge is -2.16. The summed E-state index contributed by atoms with van der Waals surface area (Å²) in [6.07, 6.45) is 2.38. The minimum absolute atomic E-state index is 0.250. The molecular weight excluding hydrogens is 90.1 g/mol. The van der Waals surface area contributed by atoms with Gasteiger partial charge in [0.2, 0.25) is 0 Å². The van der Waals surface area contributed by atoms with Crippen LogP contribution in [0.2, 0.25) is 0 Å². The minimum atomic E-state index is 0.250. The summed E-state index contributed by atoms with van der Waals surface area (Å²) in [5, 5.41) is 9.13. The van der Waals surface area contributed by atoms with Crippen molar-refractivity contribution in [1.29, 1.82) is 0 Å². The van der Waals surface area contributed by atoms with Gasteiger partial charge in [-0.05, 0) is 0 Å². The van der Waals surface area contributed by atoms with E-state index in [1.54, 1.807) is 0 Å². The largest absolute Gasteiger partial charge is 0.217 e. The highest BCUT2D eigenvalue weighted by molar-refractivity contribution is 4.44. The van der Waals surface area contributed by atoms with Crippen LogP contribution >= 0.6 is 0 Å². The highest BCUT2D eigenvalue weighted by Gasteiger charge is 2.23. The Morgan fingerprint density at radius 3 is 1.86 bits per heavy atom. The van der Waals surface area contributed by atoms with Gasteiger partial charge in [0, 0.05) is 12.8 Å². The van der Waals surface area contributed by atoms with Gasteiger partial charge in [0.25, 0.3) is 0 Å². The third kappa shape index (κ3) is 1.14. The molecule has 7 heavy (non-hydrogen) atoms. The van der Waals surface area contributed by atoms with Crippen molar-refractivity contribution in [2.45, 2.75) is 12.8 Å². The summed E-state index contributed by atoms with van der Waals surface area (Å²) < 4.78 is 0.250. The SMILES string of the molecule is C[N+]1(O)CCCC1. The molecule has 0 aliphatic carbocycles. The maximum absolute atomic E-state index is 9.13. The molecule has 0 bridgehead atoms. The summed E-state index contributed by atoms with van der Waals surface area (Å²) >= 11 is 0. The van der Waals surface area contributed by atoms with Crippen LogP contribution in [0.4, 0.5) is 0 Å². The zero-order chi connectivity index (χ0) is 5.33. The molecule has 0 aromatic heterocycles. The first-order valence-corrected chi connectivity index (χ1v) is 2.78. The highest BCUT2D eigenvalue weighted by Crippen LogP contribution is 2.10. The van der Waals surface area contributed by atoms with Gasteiger partial charge in [-0.2, -0.15) is 4.65 Å². The van der Waals surface area contributed by atoms with Crippen LogP contribution in [0.15, 0.2) is 0 Å². The van der Waals surface area contributed by atoms with Crippen LogP contribution in [-0.4, -0.2) is 30.0 Å². The van der Waals surface area contributed by atoms with E-state index in [0.29, 0.717) is 0 Å². The Labute approximate surface area is 43.9 Å². The third-order valence-electron chi connectivity index (χ3n) is 1.53. The monoisotopic (exact) mass is 102 g/mol. The molecule has 1 rings (SSSR count). The standard InChI is InChI=1S/C5H12NO/c1-6(7)4-2-3-5-6/h7H,2-5H2,1H3/q+1. The predicted molar refractivity (Wildman–Crippen MR) is 26.9 cm³/mol. The molecule has 1 aliphatic heterocycles. The first kappa shape index (κ1) is 5.06. The molecule has 42 valence electrons. The molecule has 1 N–H and O–H groups in total. The smallest absolute Gasteiger partial charge is 0.109 e. The fourth-order valence-electron chi connectivity index (χ4n) is 1.02. The van der Waals surface area contributed by atoms with Gasteiger partial charge in [0.15, 0.2) is 0 Å². The van der Waals surface area contributed by atoms with Crippen molar-refractivity contribution < 1.29 is 9.85 Å². The third-order valence-corrected chi connectivity index (χ3v) is 1.53. The second kappa shape index (κ2) is 1.46. The normalized spacial score (nSPS) is 28.3. The van der Waals surface area contributed by atoms with Crippen LogP contribution in [0, 0.1) is 0 Å². The summed E-state index contributed by atoms with van der Waals surface area (Å²) in [5.74, 6) is 0. The van der Waals surface area contributed by atoms with E-state index in [9.17, 15) is 0 Å². The molecule has 1 aliphatic rings. The Kier molecular flexibility index (Phi) is 1.05. The zero-order valence-corrected chi connectivity index (χ0v) is 4.72. The summed E-state index contributed by atoms with van der Waals surface area (Å²) in [5.41, 5.74) is 0. The predicted octanol–water partition coefficient (Wildman–Crippen LogP) is 0.616. The summed E-state index contributed by atoms with van der Waals surface area (Å²) in [6.45, 7) is 1.89. The number of hydroxylamine groups is 3. The van der Waals surface area contributed by atoms with E-state index in [1.165, 1.54) is 12.8 Å². The van der Waals surface area contributed by atoms with E-state index in [4.69, 9.17) is 5.21 Å². The molecule has 2 heteroatoms. The molecule has 0 aromatic carbocycles. The quantitative estimate of drug-likeness (QED) is 0.444. The van der Waals surface area contributed by atoms with Crippen molar-refractivity contribution >= 4 is 0 Å². The summed E-state index contributed by atoms with van der Waals surface area (Å²) in [6, 6.07) is 0.